The number of nitrogens with one attached hydrogen (secondary N) is 2. The maximum absolute atomic E-state index is 13.8. The van der Waals surface area contributed by atoms with Crippen LogP contribution in [-0.4, -0.2) is 83.3 Å². The van der Waals surface area contributed by atoms with E-state index in [0.29, 0.717) is 55.0 Å². The fourth-order valence-electron chi connectivity index (χ4n) is 8.03. The summed E-state index contributed by atoms with van der Waals surface area (Å²) in [6, 6.07) is 11.1. The van der Waals surface area contributed by atoms with Crippen molar-refractivity contribution in [3.05, 3.63) is 70.3 Å². The maximum Gasteiger partial charge on any atom is 0.301 e. The van der Waals surface area contributed by atoms with Crippen LogP contribution in [-0.2, 0) is 42.0 Å². The standard InChI is InChI=1S/C36H47ClN4O7S/c1-4-38-49(45,46)39-34(43)36(44)20-33(42)40(2)17-6-5-9-31(47-3)28-13-10-25(28)21-41-22-35(23-48-32-15-11-26(36)19-30(32)41)16-7-8-24-18-27(37)12-14-29(24)35/h5,9,11-12,14-15,18-19,25,28,31,38,44H,4,6-8,10,13,16-17,20-23H2,1-3H3,(H,39,43)/b9-5+/t25-,28+,31-,35-,36+/m0/s1. The molecule has 3 N–H and O–H groups in total. The minimum absolute atomic E-state index is 0.0323. The second kappa shape index (κ2) is 14.2. The normalized spacial score (nSPS) is 29.6. The summed E-state index contributed by atoms with van der Waals surface area (Å²) in [6.45, 7) is 3.68. The van der Waals surface area contributed by atoms with Crippen molar-refractivity contribution in [3.63, 3.8) is 0 Å². The third-order valence-electron chi connectivity index (χ3n) is 10.9. The van der Waals surface area contributed by atoms with Crippen LogP contribution in [0.3, 0.4) is 0 Å². The van der Waals surface area contributed by atoms with Gasteiger partial charge in [0, 0.05) is 50.8 Å². The Bertz CT molecular complexity index is 1720. The van der Waals surface area contributed by atoms with Crippen LogP contribution >= 0.6 is 11.6 Å². The number of anilines is 1. The van der Waals surface area contributed by atoms with E-state index in [1.54, 1.807) is 39.3 Å². The fraction of sp³-hybridized carbons (Fsp3) is 0.556. The van der Waals surface area contributed by atoms with Gasteiger partial charge in [-0.25, -0.2) is 4.72 Å². The average molecular weight is 715 g/mol. The van der Waals surface area contributed by atoms with E-state index in [9.17, 15) is 23.1 Å². The molecule has 49 heavy (non-hydrogen) atoms. The molecule has 0 unspecified atom stereocenters. The lowest BCUT2D eigenvalue weighted by molar-refractivity contribution is -0.148. The van der Waals surface area contributed by atoms with E-state index >= 15 is 0 Å². The highest BCUT2D eigenvalue weighted by Crippen LogP contribution is 2.47. The van der Waals surface area contributed by atoms with E-state index in [1.807, 2.05) is 22.9 Å². The molecule has 5 atom stereocenters. The van der Waals surface area contributed by atoms with Gasteiger partial charge in [-0.05, 0) is 91.3 Å². The lowest BCUT2D eigenvalue weighted by atomic mass is 9.68. The number of ether oxygens (including phenoxy) is 2. The molecule has 11 nitrogen and oxygen atoms in total. The number of carbonyl (C=O) groups excluding carboxylic acids is 2. The topological polar surface area (TPSA) is 138 Å². The Morgan fingerprint density at radius 1 is 1.20 bits per heavy atom. The summed E-state index contributed by atoms with van der Waals surface area (Å²) < 4.78 is 42.1. The molecule has 2 aliphatic heterocycles. The number of carbonyl (C=O) groups is 2. The lowest BCUT2D eigenvalue weighted by Gasteiger charge is -2.46. The van der Waals surface area contributed by atoms with Gasteiger partial charge >= 0.3 is 10.2 Å². The predicted octanol–water partition coefficient (Wildman–Crippen LogP) is 3.82. The monoisotopic (exact) mass is 714 g/mol. The Balaban J connectivity index is 1.47. The molecular weight excluding hydrogens is 668 g/mol. The Morgan fingerprint density at radius 3 is 2.76 bits per heavy atom. The maximum atomic E-state index is 13.8. The molecule has 2 aromatic rings. The van der Waals surface area contributed by atoms with E-state index in [1.165, 1.54) is 16.0 Å². The van der Waals surface area contributed by atoms with Crippen LogP contribution < -0.4 is 19.1 Å². The smallest absolute Gasteiger partial charge is 0.301 e. The van der Waals surface area contributed by atoms with Crippen LogP contribution in [0.1, 0.15) is 62.1 Å². The zero-order valence-corrected chi connectivity index (χ0v) is 30.0. The summed E-state index contributed by atoms with van der Waals surface area (Å²) in [5.74, 6) is -0.543. The van der Waals surface area contributed by atoms with Gasteiger partial charge in [-0.2, -0.15) is 13.1 Å². The van der Waals surface area contributed by atoms with Gasteiger partial charge in [-0.1, -0.05) is 42.8 Å². The molecule has 0 aromatic heterocycles. The van der Waals surface area contributed by atoms with E-state index in [4.69, 9.17) is 21.1 Å². The zero-order chi connectivity index (χ0) is 35.0. The van der Waals surface area contributed by atoms with Crippen LogP contribution in [0.15, 0.2) is 48.6 Å². The van der Waals surface area contributed by atoms with Crippen molar-refractivity contribution in [2.45, 2.75) is 69.0 Å². The highest BCUT2D eigenvalue weighted by atomic mass is 35.5. The highest BCUT2D eigenvalue weighted by Gasteiger charge is 2.47. The van der Waals surface area contributed by atoms with Crippen molar-refractivity contribution in [2.75, 3.05) is 51.8 Å². The van der Waals surface area contributed by atoms with Crippen LogP contribution in [0.4, 0.5) is 5.69 Å². The third-order valence-corrected chi connectivity index (χ3v) is 12.2. The number of hydrogen-bond donors (Lipinski definition) is 3. The number of hydrogen-bond acceptors (Lipinski definition) is 8. The van der Waals surface area contributed by atoms with Gasteiger partial charge in [0.05, 0.1) is 24.8 Å². The molecule has 266 valence electrons. The van der Waals surface area contributed by atoms with Gasteiger partial charge in [0.2, 0.25) is 5.91 Å². The number of halogens is 1. The molecule has 2 aromatic carbocycles. The number of aliphatic hydroxyl groups is 1. The summed E-state index contributed by atoms with van der Waals surface area (Å²) >= 11 is 6.44. The van der Waals surface area contributed by atoms with Crippen molar-refractivity contribution in [1.82, 2.24) is 14.3 Å². The van der Waals surface area contributed by atoms with Crippen molar-refractivity contribution < 1.29 is 32.6 Å². The Kier molecular flexibility index (Phi) is 10.4. The number of methoxy groups -OCH3 is 1. The Labute approximate surface area is 294 Å². The van der Waals surface area contributed by atoms with Crippen molar-refractivity contribution in [2.24, 2.45) is 11.8 Å². The first-order valence-corrected chi connectivity index (χ1v) is 19.0. The summed E-state index contributed by atoms with van der Waals surface area (Å²) in [5, 5.41) is 12.9. The fourth-order valence-corrected chi connectivity index (χ4v) is 9.09. The highest BCUT2D eigenvalue weighted by molar-refractivity contribution is 7.88. The molecule has 4 aliphatic rings. The molecule has 0 saturated heterocycles. The van der Waals surface area contributed by atoms with E-state index in [2.05, 4.69) is 21.8 Å². The molecule has 2 amide bonds. The average Bonchev–Trinajstić information content (AvgIpc) is 3.20. The van der Waals surface area contributed by atoms with Gasteiger partial charge < -0.3 is 24.4 Å². The number of benzene rings is 2. The zero-order valence-electron chi connectivity index (χ0n) is 28.4. The molecule has 1 fully saturated rings. The van der Waals surface area contributed by atoms with Crippen molar-refractivity contribution >= 4 is 39.3 Å². The number of rotatable bonds is 5. The molecule has 6 rings (SSSR count). The third kappa shape index (κ3) is 7.21. The summed E-state index contributed by atoms with van der Waals surface area (Å²) in [5.41, 5.74) is 0.363. The minimum Gasteiger partial charge on any atom is -0.490 e. The van der Waals surface area contributed by atoms with Crippen LogP contribution in [0.5, 0.6) is 5.75 Å². The molecule has 2 heterocycles. The first-order chi connectivity index (χ1) is 23.4. The number of amides is 2. The van der Waals surface area contributed by atoms with E-state index in [0.717, 1.165) is 32.1 Å². The van der Waals surface area contributed by atoms with E-state index in [-0.39, 0.29) is 29.5 Å². The van der Waals surface area contributed by atoms with Gasteiger partial charge in [0.25, 0.3) is 5.91 Å². The van der Waals surface area contributed by atoms with Crippen LogP contribution in [0.2, 0.25) is 5.02 Å². The molecule has 2 aliphatic carbocycles. The minimum atomic E-state index is -4.29. The van der Waals surface area contributed by atoms with Crippen LogP contribution in [0, 0.1) is 11.8 Å². The van der Waals surface area contributed by atoms with Crippen molar-refractivity contribution in [3.8, 4) is 5.75 Å². The number of nitrogens with zero attached hydrogens (tertiary/aromatic N) is 2. The van der Waals surface area contributed by atoms with Crippen molar-refractivity contribution in [1.29, 1.82) is 0 Å². The van der Waals surface area contributed by atoms with Gasteiger partial charge in [-0.15, -0.1) is 0 Å². The predicted molar refractivity (Wildman–Crippen MR) is 188 cm³/mol. The van der Waals surface area contributed by atoms with Crippen LogP contribution in [0.25, 0.3) is 0 Å². The number of aryl methyl sites for hydroxylation is 1. The van der Waals surface area contributed by atoms with Gasteiger partial charge in [0.15, 0.2) is 5.60 Å². The summed E-state index contributed by atoms with van der Waals surface area (Å²) in [4.78, 5) is 31.1. The first kappa shape index (κ1) is 35.7. The first-order valence-electron chi connectivity index (χ1n) is 17.2. The van der Waals surface area contributed by atoms with Gasteiger partial charge in [-0.3, -0.25) is 9.59 Å². The summed E-state index contributed by atoms with van der Waals surface area (Å²) in [6.07, 6.45) is 8.78. The number of fused-ring (bicyclic) bond motifs is 4. The summed E-state index contributed by atoms with van der Waals surface area (Å²) in [7, 11) is -0.956. The lowest BCUT2D eigenvalue weighted by Crippen LogP contribution is -2.52. The molecule has 2 bridgehead atoms. The second-order valence-electron chi connectivity index (χ2n) is 14.0. The van der Waals surface area contributed by atoms with E-state index < -0.39 is 34.0 Å². The molecule has 13 heteroatoms. The molecular formula is C36H47ClN4O7S. The van der Waals surface area contributed by atoms with Gasteiger partial charge in [0.1, 0.15) is 5.75 Å². The second-order valence-corrected chi connectivity index (χ2v) is 15.9. The largest absolute Gasteiger partial charge is 0.490 e. The molecule has 0 radical (unpaired) electrons. The Hall–Kier alpha value is -3.16. The molecule has 1 saturated carbocycles. The molecule has 1 spiro atoms. The SMILES string of the molecule is CCNS(=O)(=O)NC(=O)[C@@]1(O)CC(=O)N(C)CC/C=C/[C@H](OC)[C@@H]2CC[C@H]2CN2C[C@@]3(CCCc4cc(Cl)ccc43)COc3ccc1cc32. The Morgan fingerprint density at radius 2 is 2.02 bits per heavy atom. The quantitative estimate of drug-likeness (QED) is 0.398.